The molecule has 0 bridgehead atoms. The summed E-state index contributed by atoms with van der Waals surface area (Å²) in [4.78, 5) is 32.9. The Kier molecular flexibility index (Phi) is 4.45. The number of pyridine rings is 1. The SMILES string of the molecule is O=C(COC(=O)c1ccccc1-c1nc2ccccc2o1)c1cccnc1. The summed E-state index contributed by atoms with van der Waals surface area (Å²) in [6.07, 6.45) is 3.00. The van der Waals surface area contributed by atoms with Crippen molar-refractivity contribution >= 4 is 22.9 Å². The number of benzene rings is 2. The van der Waals surface area contributed by atoms with Crippen molar-refractivity contribution in [2.24, 2.45) is 0 Å². The van der Waals surface area contributed by atoms with Crippen molar-refractivity contribution in [2.75, 3.05) is 6.61 Å². The van der Waals surface area contributed by atoms with Crippen molar-refractivity contribution in [2.45, 2.75) is 0 Å². The normalized spacial score (nSPS) is 10.7. The number of hydrogen-bond donors (Lipinski definition) is 0. The topological polar surface area (TPSA) is 82.3 Å². The Morgan fingerprint density at radius 1 is 0.963 bits per heavy atom. The molecule has 0 N–H and O–H groups in total. The Bertz CT molecular complexity index is 1090. The molecule has 4 aromatic rings. The van der Waals surface area contributed by atoms with Crippen molar-refractivity contribution in [1.29, 1.82) is 0 Å². The average Bonchev–Trinajstić information content (AvgIpc) is 3.16. The molecule has 0 unspecified atom stereocenters. The Morgan fingerprint density at radius 3 is 2.59 bits per heavy atom. The number of nitrogens with zero attached hydrogens (tertiary/aromatic N) is 2. The number of esters is 1. The molecule has 6 nitrogen and oxygen atoms in total. The van der Waals surface area contributed by atoms with Crippen molar-refractivity contribution in [3.05, 3.63) is 84.2 Å². The van der Waals surface area contributed by atoms with E-state index in [0.717, 1.165) is 0 Å². The van der Waals surface area contributed by atoms with Crippen LogP contribution in [0, 0.1) is 0 Å². The molecular formula is C21H14N2O4. The lowest BCUT2D eigenvalue weighted by Gasteiger charge is -2.07. The lowest BCUT2D eigenvalue weighted by atomic mass is 10.1. The quantitative estimate of drug-likeness (QED) is 0.397. The van der Waals surface area contributed by atoms with Gasteiger partial charge < -0.3 is 9.15 Å². The maximum absolute atomic E-state index is 12.5. The fraction of sp³-hybridized carbons (Fsp3) is 0.0476. The van der Waals surface area contributed by atoms with Crippen LogP contribution in [0.1, 0.15) is 20.7 Å². The van der Waals surface area contributed by atoms with Crippen molar-refractivity contribution in [1.82, 2.24) is 9.97 Å². The first-order valence-electron chi connectivity index (χ1n) is 8.28. The summed E-state index contributed by atoms with van der Waals surface area (Å²) in [6, 6.07) is 17.4. The van der Waals surface area contributed by atoms with E-state index in [1.54, 1.807) is 48.7 Å². The van der Waals surface area contributed by atoms with E-state index in [-0.39, 0.29) is 18.0 Å². The molecule has 4 rings (SSSR count). The Morgan fingerprint density at radius 2 is 1.78 bits per heavy atom. The summed E-state index contributed by atoms with van der Waals surface area (Å²) in [7, 11) is 0. The smallest absolute Gasteiger partial charge is 0.339 e. The zero-order chi connectivity index (χ0) is 18.6. The molecule has 0 amide bonds. The van der Waals surface area contributed by atoms with Gasteiger partial charge in [-0.3, -0.25) is 9.78 Å². The summed E-state index contributed by atoms with van der Waals surface area (Å²) in [5.74, 6) is -0.622. The molecule has 0 spiro atoms. The van der Waals surface area contributed by atoms with E-state index < -0.39 is 5.97 Å². The molecule has 0 aliphatic heterocycles. The van der Waals surface area contributed by atoms with Gasteiger partial charge in [0.1, 0.15) is 5.52 Å². The molecule has 6 heteroatoms. The lowest BCUT2D eigenvalue weighted by Crippen LogP contribution is -2.15. The number of Topliss-reactive ketones (excluding diaryl/α,β-unsaturated/α-hetero) is 1. The molecule has 0 radical (unpaired) electrons. The highest BCUT2D eigenvalue weighted by Gasteiger charge is 2.19. The summed E-state index contributed by atoms with van der Waals surface area (Å²) in [5, 5.41) is 0. The van der Waals surface area contributed by atoms with Gasteiger partial charge in [-0.25, -0.2) is 9.78 Å². The Hall–Kier alpha value is -3.80. The minimum Gasteiger partial charge on any atom is -0.454 e. The van der Waals surface area contributed by atoms with Gasteiger partial charge in [-0.05, 0) is 36.4 Å². The second-order valence-electron chi connectivity index (χ2n) is 5.77. The van der Waals surface area contributed by atoms with E-state index in [9.17, 15) is 9.59 Å². The number of oxazole rings is 1. The summed E-state index contributed by atoms with van der Waals surface area (Å²) >= 11 is 0. The second kappa shape index (κ2) is 7.21. The van der Waals surface area contributed by atoms with E-state index in [4.69, 9.17) is 9.15 Å². The largest absolute Gasteiger partial charge is 0.454 e. The van der Waals surface area contributed by atoms with Crippen LogP contribution in [-0.4, -0.2) is 28.3 Å². The van der Waals surface area contributed by atoms with Crippen LogP contribution in [0.25, 0.3) is 22.6 Å². The summed E-state index contributed by atoms with van der Waals surface area (Å²) in [5.41, 5.74) is 2.50. The molecule has 0 saturated heterocycles. The van der Waals surface area contributed by atoms with Crippen LogP contribution in [0.5, 0.6) is 0 Å². The van der Waals surface area contributed by atoms with Gasteiger partial charge in [0, 0.05) is 18.0 Å². The van der Waals surface area contributed by atoms with Crippen LogP contribution in [0.3, 0.4) is 0 Å². The highest BCUT2D eigenvalue weighted by Crippen LogP contribution is 2.27. The van der Waals surface area contributed by atoms with E-state index in [2.05, 4.69) is 9.97 Å². The van der Waals surface area contributed by atoms with Crippen LogP contribution in [0.4, 0.5) is 0 Å². The molecule has 27 heavy (non-hydrogen) atoms. The first-order valence-corrected chi connectivity index (χ1v) is 8.28. The highest BCUT2D eigenvalue weighted by molar-refractivity contribution is 6.01. The van der Waals surface area contributed by atoms with Gasteiger partial charge in [-0.15, -0.1) is 0 Å². The number of ketones is 1. The maximum Gasteiger partial charge on any atom is 0.339 e. The van der Waals surface area contributed by atoms with Crippen LogP contribution < -0.4 is 0 Å². The van der Waals surface area contributed by atoms with E-state index >= 15 is 0 Å². The predicted molar refractivity (Wildman–Crippen MR) is 98.3 cm³/mol. The number of hydrogen-bond acceptors (Lipinski definition) is 6. The zero-order valence-corrected chi connectivity index (χ0v) is 14.2. The third-order valence-corrected chi connectivity index (χ3v) is 3.99. The minimum atomic E-state index is -0.620. The molecule has 0 atom stereocenters. The van der Waals surface area contributed by atoms with Gasteiger partial charge in [0.25, 0.3) is 0 Å². The molecule has 2 aromatic heterocycles. The Labute approximate surface area is 154 Å². The molecule has 132 valence electrons. The third-order valence-electron chi connectivity index (χ3n) is 3.99. The summed E-state index contributed by atoms with van der Waals surface area (Å²) in [6.45, 7) is -0.369. The van der Waals surface area contributed by atoms with Crippen molar-refractivity contribution in [3.8, 4) is 11.5 Å². The molecule has 0 aliphatic rings. The van der Waals surface area contributed by atoms with Crippen molar-refractivity contribution in [3.63, 3.8) is 0 Å². The molecular weight excluding hydrogens is 344 g/mol. The number of ether oxygens (including phenoxy) is 1. The first kappa shape index (κ1) is 16.7. The number of fused-ring (bicyclic) bond motifs is 1. The highest BCUT2D eigenvalue weighted by atomic mass is 16.5. The van der Waals surface area contributed by atoms with Crippen LogP contribution in [0.2, 0.25) is 0 Å². The molecule has 0 saturated carbocycles. The van der Waals surface area contributed by atoms with Gasteiger partial charge in [-0.1, -0.05) is 24.3 Å². The summed E-state index contributed by atoms with van der Waals surface area (Å²) < 4.78 is 10.9. The zero-order valence-electron chi connectivity index (χ0n) is 14.2. The van der Waals surface area contributed by atoms with Gasteiger partial charge in [0.05, 0.1) is 11.1 Å². The number of rotatable bonds is 5. The van der Waals surface area contributed by atoms with E-state index in [1.165, 1.54) is 6.20 Å². The predicted octanol–water partition coefficient (Wildman–Crippen LogP) is 3.93. The van der Waals surface area contributed by atoms with Gasteiger partial charge in [0.15, 0.2) is 12.2 Å². The van der Waals surface area contributed by atoms with E-state index in [0.29, 0.717) is 28.1 Å². The molecule has 0 aliphatic carbocycles. The number of para-hydroxylation sites is 2. The maximum atomic E-state index is 12.5. The molecule has 0 fully saturated rings. The minimum absolute atomic E-state index is 0.281. The van der Waals surface area contributed by atoms with Gasteiger partial charge in [-0.2, -0.15) is 0 Å². The fourth-order valence-corrected chi connectivity index (χ4v) is 2.65. The van der Waals surface area contributed by atoms with Gasteiger partial charge >= 0.3 is 5.97 Å². The van der Waals surface area contributed by atoms with Gasteiger partial charge in [0.2, 0.25) is 11.7 Å². The third kappa shape index (κ3) is 3.46. The molecule has 2 aromatic carbocycles. The fourth-order valence-electron chi connectivity index (χ4n) is 2.65. The average molecular weight is 358 g/mol. The first-order chi connectivity index (χ1) is 13.2. The van der Waals surface area contributed by atoms with Crippen LogP contribution in [0.15, 0.2) is 77.5 Å². The second-order valence-corrected chi connectivity index (χ2v) is 5.77. The van der Waals surface area contributed by atoms with Crippen molar-refractivity contribution < 1.29 is 18.7 Å². The van der Waals surface area contributed by atoms with Crippen LogP contribution >= 0.6 is 0 Å². The number of carbonyl (C=O) groups is 2. The van der Waals surface area contributed by atoms with E-state index in [1.807, 2.05) is 18.2 Å². The standard InChI is InChI=1S/C21H14N2O4/c24-18(14-6-5-11-22-12-14)13-26-21(25)16-8-2-1-7-15(16)20-23-17-9-3-4-10-19(17)27-20/h1-12H,13H2. The molecule has 2 heterocycles. The lowest BCUT2D eigenvalue weighted by molar-refractivity contribution is 0.0475. The van der Waals surface area contributed by atoms with Crippen LogP contribution in [-0.2, 0) is 4.74 Å². The monoisotopic (exact) mass is 358 g/mol. The number of carbonyl (C=O) groups excluding carboxylic acids is 2. The number of aromatic nitrogens is 2. The Balaban J connectivity index is 1.57.